The second-order valence-corrected chi connectivity index (χ2v) is 5.37. The van der Waals surface area contributed by atoms with E-state index in [0.717, 1.165) is 5.56 Å². The van der Waals surface area contributed by atoms with Crippen molar-refractivity contribution < 1.29 is 24.2 Å². The number of alkyl carbamates (subject to hydrolysis) is 1. The van der Waals surface area contributed by atoms with Crippen LogP contribution >= 0.6 is 0 Å². The van der Waals surface area contributed by atoms with Crippen LogP contribution in [0, 0.1) is 5.92 Å². The summed E-state index contributed by atoms with van der Waals surface area (Å²) in [5.41, 5.74) is 0.863. The van der Waals surface area contributed by atoms with Crippen molar-refractivity contribution in [3.05, 3.63) is 35.9 Å². The monoisotopic (exact) mass is 322 g/mol. The van der Waals surface area contributed by atoms with E-state index in [-0.39, 0.29) is 25.5 Å². The second kappa shape index (κ2) is 9.45. The van der Waals surface area contributed by atoms with Gasteiger partial charge < -0.3 is 20.5 Å². The molecule has 0 aromatic heterocycles. The summed E-state index contributed by atoms with van der Waals surface area (Å²) in [6.45, 7) is 3.63. The van der Waals surface area contributed by atoms with Gasteiger partial charge in [-0.3, -0.25) is 4.79 Å². The molecule has 1 atom stereocenters. The number of carbonyl (C=O) groups is 3. The average Bonchev–Trinajstić information content (AvgIpc) is 2.51. The molecule has 1 aromatic carbocycles. The minimum Gasteiger partial charge on any atom is -0.480 e. The number of benzene rings is 1. The van der Waals surface area contributed by atoms with Crippen molar-refractivity contribution in [3.63, 3.8) is 0 Å². The first-order valence-electron chi connectivity index (χ1n) is 7.37. The van der Waals surface area contributed by atoms with Crippen LogP contribution < -0.4 is 10.6 Å². The molecule has 0 radical (unpaired) electrons. The highest BCUT2D eigenvalue weighted by molar-refractivity contribution is 5.84. The Morgan fingerprint density at radius 1 is 1.17 bits per heavy atom. The van der Waals surface area contributed by atoms with Crippen molar-refractivity contribution in [1.82, 2.24) is 10.6 Å². The van der Waals surface area contributed by atoms with Gasteiger partial charge in [-0.1, -0.05) is 44.2 Å². The van der Waals surface area contributed by atoms with Crippen LogP contribution in [0.5, 0.6) is 0 Å². The molecule has 7 heteroatoms. The Hall–Kier alpha value is -2.57. The molecule has 0 fully saturated rings. The van der Waals surface area contributed by atoms with Gasteiger partial charge in [0.05, 0.1) is 0 Å². The molecule has 2 amide bonds. The predicted octanol–water partition coefficient (Wildman–Crippen LogP) is 1.53. The summed E-state index contributed by atoms with van der Waals surface area (Å²) in [4.78, 5) is 34.1. The molecule has 0 aliphatic carbocycles. The van der Waals surface area contributed by atoms with Crippen LogP contribution in [0.1, 0.15) is 25.8 Å². The first-order valence-corrected chi connectivity index (χ1v) is 7.37. The fourth-order valence-electron chi connectivity index (χ4n) is 1.81. The van der Waals surface area contributed by atoms with E-state index in [0.29, 0.717) is 0 Å². The highest BCUT2D eigenvalue weighted by Crippen LogP contribution is 2.02. The number of carbonyl (C=O) groups excluding carboxylic acids is 2. The number of carboxylic acid groups (broad SMARTS) is 1. The van der Waals surface area contributed by atoms with Crippen LogP contribution in [-0.2, 0) is 20.9 Å². The van der Waals surface area contributed by atoms with E-state index in [1.807, 2.05) is 30.3 Å². The van der Waals surface area contributed by atoms with Gasteiger partial charge in [-0.05, 0) is 11.5 Å². The standard InChI is InChI=1S/C16H22N2O5/c1-11(2)14(15(20)21)18-13(19)8-9-17-16(22)23-10-12-6-4-3-5-7-12/h3-7,11,14H,8-10H2,1-2H3,(H,17,22)(H,18,19)(H,20,21)/t14-/m1/s1. The largest absolute Gasteiger partial charge is 0.480 e. The predicted molar refractivity (Wildman–Crippen MR) is 83.7 cm³/mol. The van der Waals surface area contributed by atoms with Crippen LogP contribution in [0.3, 0.4) is 0 Å². The van der Waals surface area contributed by atoms with Crippen LogP contribution in [0.25, 0.3) is 0 Å². The molecule has 1 aromatic rings. The Labute approximate surface area is 135 Å². The quantitative estimate of drug-likeness (QED) is 0.673. The first-order chi connectivity index (χ1) is 10.9. The van der Waals surface area contributed by atoms with Gasteiger partial charge in [0.15, 0.2) is 0 Å². The molecule has 126 valence electrons. The summed E-state index contributed by atoms with van der Waals surface area (Å²) in [6, 6.07) is 8.27. The first kappa shape index (κ1) is 18.5. The molecule has 0 aliphatic heterocycles. The Kier molecular flexibility index (Phi) is 7.59. The number of ether oxygens (including phenoxy) is 1. The topological polar surface area (TPSA) is 105 Å². The highest BCUT2D eigenvalue weighted by atomic mass is 16.5. The third-order valence-electron chi connectivity index (χ3n) is 3.08. The third kappa shape index (κ3) is 7.30. The highest BCUT2D eigenvalue weighted by Gasteiger charge is 2.23. The van der Waals surface area contributed by atoms with Gasteiger partial charge in [0.25, 0.3) is 0 Å². The Balaban J connectivity index is 2.23. The van der Waals surface area contributed by atoms with Crippen molar-refractivity contribution in [2.45, 2.75) is 32.9 Å². The lowest BCUT2D eigenvalue weighted by molar-refractivity contribution is -0.143. The van der Waals surface area contributed by atoms with Crippen LogP contribution in [0.2, 0.25) is 0 Å². The molecule has 0 saturated heterocycles. The zero-order valence-electron chi connectivity index (χ0n) is 13.2. The summed E-state index contributed by atoms with van der Waals surface area (Å²) >= 11 is 0. The fraction of sp³-hybridized carbons (Fsp3) is 0.438. The third-order valence-corrected chi connectivity index (χ3v) is 3.08. The molecule has 0 aliphatic rings. The summed E-state index contributed by atoms with van der Waals surface area (Å²) in [7, 11) is 0. The summed E-state index contributed by atoms with van der Waals surface area (Å²) in [5, 5.41) is 13.8. The van der Waals surface area contributed by atoms with Crippen molar-refractivity contribution in [3.8, 4) is 0 Å². The Morgan fingerprint density at radius 3 is 2.39 bits per heavy atom. The summed E-state index contributed by atoms with van der Waals surface area (Å²) in [5.74, 6) is -1.74. The maximum atomic E-state index is 11.7. The minimum atomic E-state index is -1.08. The van der Waals surface area contributed by atoms with E-state index in [1.165, 1.54) is 0 Å². The van der Waals surface area contributed by atoms with Crippen molar-refractivity contribution in [2.24, 2.45) is 5.92 Å². The molecule has 0 spiro atoms. The number of carboxylic acids is 1. The lowest BCUT2D eigenvalue weighted by Gasteiger charge is -2.17. The van der Waals surface area contributed by atoms with Gasteiger partial charge in [-0.15, -0.1) is 0 Å². The number of nitrogens with one attached hydrogen (secondary N) is 2. The number of hydrogen-bond donors (Lipinski definition) is 3. The van der Waals surface area contributed by atoms with E-state index in [4.69, 9.17) is 9.84 Å². The zero-order valence-corrected chi connectivity index (χ0v) is 13.2. The van der Waals surface area contributed by atoms with E-state index >= 15 is 0 Å². The smallest absolute Gasteiger partial charge is 0.407 e. The molecular weight excluding hydrogens is 300 g/mol. The maximum Gasteiger partial charge on any atom is 0.407 e. The lowest BCUT2D eigenvalue weighted by atomic mass is 10.0. The number of aliphatic carboxylic acids is 1. The molecular formula is C16H22N2O5. The van der Waals surface area contributed by atoms with Crippen molar-refractivity contribution in [1.29, 1.82) is 0 Å². The SMILES string of the molecule is CC(C)[C@@H](NC(=O)CCNC(=O)OCc1ccccc1)C(=O)O. The molecule has 0 heterocycles. The molecule has 1 rings (SSSR count). The zero-order chi connectivity index (χ0) is 17.2. The van der Waals surface area contributed by atoms with Crippen LogP contribution in [0.4, 0.5) is 4.79 Å². The molecule has 23 heavy (non-hydrogen) atoms. The van der Waals surface area contributed by atoms with Crippen LogP contribution in [-0.4, -0.2) is 35.7 Å². The van der Waals surface area contributed by atoms with Gasteiger partial charge in [-0.2, -0.15) is 0 Å². The number of rotatable bonds is 8. The van der Waals surface area contributed by atoms with Gasteiger partial charge in [0, 0.05) is 13.0 Å². The van der Waals surface area contributed by atoms with Crippen molar-refractivity contribution >= 4 is 18.0 Å². The van der Waals surface area contributed by atoms with E-state index in [2.05, 4.69) is 10.6 Å². The minimum absolute atomic E-state index is 0.0169. The van der Waals surface area contributed by atoms with E-state index < -0.39 is 24.0 Å². The second-order valence-electron chi connectivity index (χ2n) is 5.37. The van der Waals surface area contributed by atoms with Gasteiger partial charge in [-0.25, -0.2) is 9.59 Å². The van der Waals surface area contributed by atoms with E-state index in [9.17, 15) is 14.4 Å². The molecule has 0 unspecified atom stereocenters. The van der Waals surface area contributed by atoms with Crippen molar-refractivity contribution in [2.75, 3.05) is 6.54 Å². The number of hydrogen-bond acceptors (Lipinski definition) is 4. The molecule has 0 bridgehead atoms. The summed E-state index contributed by atoms with van der Waals surface area (Å²) < 4.78 is 4.99. The Bertz CT molecular complexity index is 531. The fourth-order valence-corrected chi connectivity index (χ4v) is 1.81. The van der Waals surface area contributed by atoms with Gasteiger partial charge >= 0.3 is 12.1 Å². The van der Waals surface area contributed by atoms with E-state index in [1.54, 1.807) is 13.8 Å². The Morgan fingerprint density at radius 2 is 1.83 bits per heavy atom. The lowest BCUT2D eigenvalue weighted by Crippen LogP contribution is -2.45. The molecule has 0 saturated carbocycles. The maximum absolute atomic E-state index is 11.7. The van der Waals surface area contributed by atoms with Gasteiger partial charge in [0.1, 0.15) is 12.6 Å². The number of amides is 2. The van der Waals surface area contributed by atoms with Gasteiger partial charge in [0.2, 0.25) is 5.91 Å². The van der Waals surface area contributed by atoms with Crippen LogP contribution in [0.15, 0.2) is 30.3 Å². The molecule has 7 nitrogen and oxygen atoms in total. The summed E-state index contributed by atoms with van der Waals surface area (Å²) in [6.07, 6.45) is -0.642. The normalized spacial score (nSPS) is 11.6. The average molecular weight is 322 g/mol. The molecule has 3 N–H and O–H groups in total.